The third kappa shape index (κ3) is 6.22. The van der Waals surface area contributed by atoms with Gasteiger partial charge in [-0.2, -0.15) is 4.31 Å². The van der Waals surface area contributed by atoms with Crippen molar-refractivity contribution in [3.8, 4) is 0 Å². The molecule has 31 heavy (non-hydrogen) atoms. The second-order valence-electron chi connectivity index (χ2n) is 7.53. The van der Waals surface area contributed by atoms with Crippen LogP contribution in [-0.4, -0.2) is 60.6 Å². The summed E-state index contributed by atoms with van der Waals surface area (Å²) in [5.41, 5.74) is 1.86. The Hall–Kier alpha value is -2.56. The molecule has 0 spiro atoms. The molecule has 1 aliphatic heterocycles. The number of carbonyl (C=O) groups excluding carboxylic acids is 1. The van der Waals surface area contributed by atoms with Crippen molar-refractivity contribution in [3.63, 3.8) is 0 Å². The largest absolute Gasteiger partial charge is 0.323 e. The summed E-state index contributed by atoms with van der Waals surface area (Å²) in [6.07, 6.45) is 2.17. The molecule has 2 aromatic rings. The molecule has 8 nitrogen and oxygen atoms in total. The quantitative estimate of drug-likeness (QED) is 0.678. The highest BCUT2D eigenvalue weighted by atomic mass is 32.2. The van der Waals surface area contributed by atoms with E-state index < -0.39 is 21.9 Å². The fourth-order valence-corrected chi connectivity index (χ4v) is 4.99. The highest BCUT2D eigenvalue weighted by Gasteiger charge is 2.26. The summed E-state index contributed by atoms with van der Waals surface area (Å²) in [5, 5.41) is 5.20. The molecule has 2 amide bonds. The predicted molar refractivity (Wildman–Crippen MR) is 119 cm³/mol. The molecule has 2 N–H and O–H groups in total. The lowest BCUT2D eigenvalue weighted by Gasteiger charge is -2.34. The summed E-state index contributed by atoms with van der Waals surface area (Å²) in [6.45, 7) is 5.85. The van der Waals surface area contributed by atoms with E-state index in [9.17, 15) is 17.6 Å². The summed E-state index contributed by atoms with van der Waals surface area (Å²) in [6, 6.07) is 7.69. The molecule has 0 atom stereocenters. The van der Waals surface area contributed by atoms with E-state index in [4.69, 9.17) is 0 Å². The van der Waals surface area contributed by atoms with Crippen molar-refractivity contribution < 1.29 is 17.6 Å². The predicted octanol–water partition coefficient (Wildman–Crippen LogP) is 3.03. The number of carbonyl (C=O) groups is 1. The number of hydrogen-bond donors (Lipinski definition) is 2. The van der Waals surface area contributed by atoms with Gasteiger partial charge in [-0.05, 0) is 31.5 Å². The third-order valence-corrected chi connectivity index (χ3v) is 7.14. The van der Waals surface area contributed by atoms with Gasteiger partial charge < -0.3 is 10.6 Å². The van der Waals surface area contributed by atoms with Crippen LogP contribution in [0.15, 0.2) is 36.5 Å². The smallest absolute Gasteiger partial charge is 0.308 e. The molecule has 0 aliphatic carbocycles. The van der Waals surface area contributed by atoms with Gasteiger partial charge in [0.2, 0.25) is 10.0 Å². The lowest BCUT2D eigenvalue weighted by molar-refractivity contribution is 0.180. The second-order valence-corrected chi connectivity index (χ2v) is 9.62. The Balaban J connectivity index is 1.59. The number of nitrogens with zero attached hydrogens (tertiary/aromatic N) is 3. The molecule has 0 unspecified atom stereocenters. The van der Waals surface area contributed by atoms with E-state index in [-0.39, 0.29) is 11.4 Å². The Bertz CT molecular complexity index is 1020. The molecule has 1 aromatic heterocycles. The van der Waals surface area contributed by atoms with E-state index in [1.165, 1.54) is 10.4 Å². The molecule has 2 heterocycles. The number of urea groups is 1. The summed E-state index contributed by atoms with van der Waals surface area (Å²) in [4.78, 5) is 18.3. The molecule has 168 valence electrons. The Morgan fingerprint density at radius 1 is 1.16 bits per heavy atom. The molecular formula is C21H28FN5O3S. The number of amides is 2. The Morgan fingerprint density at radius 2 is 1.90 bits per heavy atom. The zero-order valence-electron chi connectivity index (χ0n) is 17.8. The number of halogens is 1. The molecule has 0 bridgehead atoms. The average Bonchev–Trinajstić information content (AvgIpc) is 2.71. The fraction of sp³-hybridized carbons (Fsp3) is 0.429. The molecular weight excluding hydrogens is 421 g/mol. The summed E-state index contributed by atoms with van der Waals surface area (Å²) < 4.78 is 40.9. The first-order valence-electron chi connectivity index (χ1n) is 10.3. The van der Waals surface area contributed by atoms with Gasteiger partial charge >= 0.3 is 6.03 Å². The van der Waals surface area contributed by atoms with E-state index in [2.05, 4.69) is 15.6 Å². The number of hydrogen-bond acceptors (Lipinski definition) is 5. The molecule has 3 rings (SSSR count). The van der Waals surface area contributed by atoms with Crippen LogP contribution in [-0.2, 0) is 16.6 Å². The average molecular weight is 450 g/mol. The van der Waals surface area contributed by atoms with Crippen LogP contribution in [0.4, 0.5) is 20.6 Å². The van der Waals surface area contributed by atoms with Crippen molar-refractivity contribution in [3.05, 3.63) is 53.6 Å². The number of pyridine rings is 1. The van der Waals surface area contributed by atoms with Gasteiger partial charge in [-0.3, -0.25) is 9.88 Å². The molecule has 1 aromatic carbocycles. The first-order chi connectivity index (χ1) is 14.8. The summed E-state index contributed by atoms with van der Waals surface area (Å²) in [5.74, 6) is -0.346. The van der Waals surface area contributed by atoms with Crippen LogP contribution in [0.2, 0.25) is 0 Å². The lowest BCUT2D eigenvalue weighted by Crippen LogP contribution is -2.48. The number of anilines is 2. The number of piperazine rings is 1. The van der Waals surface area contributed by atoms with Crippen LogP contribution in [0.1, 0.15) is 24.6 Å². The Labute approximate surface area is 182 Å². The summed E-state index contributed by atoms with van der Waals surface area (Å²) >= 11 is 0. The van der Waals surface area contributed by atoms with Crippen molar-refractivity contribution in [2.45, 2.75) is 26.8 Å². The molecule has 1 aliphatic rings. The van der Waals surface area contributed by atoms with Gasteiger partial charge in [-0.1, -0.05) is 19.1 Å². The van der Waals surface area contributed by atoms with Crippen LogP contribution in [0.5, 0.6) is 0 Å². The molecule has 10 heteroatoms. The van der Waals surface area contributed by atoms with Crippen molar-refractivity contribution in [2.24, 2.45) is 0 Å². The number of nitrogens with one attached hydrogen (secondary N) is 2. The number of aromatic nitrogens is 1. The van der Waals surface area contributed by atoms with Crippen molar-refractivity contribution in [2.75, 3.05) is 42.6 Å². The number of rotatable bonds is 7. The summed E-state index contributed by atoms with van der Waals surface area (Å²) in [7, 11) is -3.21. The van der Waals surface area contributed by atoms with Gasteiger partial charge in [0.05, 0.1) is 11.4 Å². The van der Waals surface area contributed by atoms with Crippen LogP contribution in [0.25, 0.3) is 0 Å². The first-order valence-corrected chi connectivity index (χ1v) is 11.9. The zero-order valence-corrected chi connectivity index (χ0v) is 18.6. The minimum Gasteiger partial charge on any atom is -0.308 e. The Kier molecular flexibility index (Phi) is 7.58. The fourth-order valence-electron chi connectivity index (χ4n) is 3.50. The van der Waals surface area contributed by atoms with Crippen molar-refractivity contribution in [1.82, 2.24) is 14.2 Å². The zero-order chi connectivity index (χ0) is 22.4. The van der Waals surface area contributed by atoms with Gasteiger partial charge in [-0.25, -0.2) is 17.6 Å². The van der Waals surface area contributed by atoms with E-state index in [1.54, 1.807) is 30.5 Å². The first kappa shape index (κ1) is 23.1. The maximum atomic E-state index is 15.0. The van der Waals surface area contributed by atoms with Crippen molar-refractivity contribution in [1.29, 1.82) is 0 Å². The highest BCUT2D eigenvalue weighted by Crippen LogP contribution is 2.21. The highest BCUT2D eigenvalue weighted by molar-refractivity contribution is 7.89. The Morgan fingerprint density at radius 3 is 2.58 bits per heavy atom. The number of aryl methyl sites for hydroxylation is 1. The van der Waals surface area contributed by atoms with E-state index in [0.29, 0.717) is 50.4 Å². The lowest BCUT2D eigenvalue weighted by atomic mass is 10.1. The molecule has 1 fully saturated rings. The topological polar surface area (TPSA) is 94.6 Å². The maximum Gasteiger partial charge on any atom is 0.323 e. The van der Waals surface area contributed by atoms with Crippen LogP contribution >= 0.6 is 0 Å². The minimum absolute atomic E-state index is 0.0879. The third-order valence-electron chi connectivity index (χ3n) is 5.06. The molecule has 1 saturated heterocycles. The van der Waals surface area contributed by atoms with Gasteiger partial charge in [0.1, 0.15) is 0 Å². The minimum atomic E-state index is -3.21. The van der Waals surface area contributed by atoms with Crippen molar-refractivity contribution >= 4 is 27.4 Å². The van der Waals surface area contributed by atoms with E-state index >= 15 is 0 Å². The standard InChI is InChI=1S/C21H28FN5O3S/c1-3-13-31(29,30)27-11-9-26(10-12-27)15-17-5-4-6-19(20(17)22)25-21(28)24-18-7-8-23-16(2)14-18/h4-8,14H,3,9-13,15H2,1-2H3,(H2,23,24,25,28). The number of sulfonamides is 1. The second kappa shape index (κ2) is 10.2. The number of benzene rings is 1. The van der Waals surface area contributed by atoms with E-state index in [0.717, 1.165) is 5.69 Å². The van der Waals surface area contributed by atoms with Gasteiger partial charge in [0.15, 0.2) is 5.82 Å². The van der Waals surface area contributed by atoms with Crippen LogP contribution in [0, 0.1) is 12.7 Å². The molecule has 0 saturated carbocycles. The SMILES string of the molecule is CCCS(=O)(=O)N1CCN(Cc2cccc(NC(=O)Nc3ccnc(C)c3)c2F)CC1. The van der Waals surface area contributed by atoms with Gasteiger partial charge in [0, 0.05) is 55.9 Å². The normalized spacial score (nSPS) is 15.6. The van der Waals surface area contributed by atoms with Crippen LogP contribution in [0.3, 0.4) is 0 Å². The maximum absolute atomic E-state index is 15.0. The molecule has 0 radical (unpaired) electrons. The van der Waals surface area contributed by atoms with Crippen LogP contribution < -0.4 is 10.6 Å². The van der Waals surface area contributed by atoms with Gasteiger partial charge in [0.25, 0.3) is 0 Å². The monoisotopic (exact) mass is 449 g/mol. The van der Waals surface area contributed by atoms with Gasteiger partial charge in [-0.15, -0.1) is 0 Å². The van der Waals surface area contributed by atoms with E-state index in [1.807, 2.05) is 18.7 Å².